The van der Waals surface area contributed by atoms with Crippen LogP contribution in [-0.4, -0.2) is 21.4 Å². The Balaban J connectivity index is 2.98. The number of benzene rings is 1. The zero-order valence-electron chi connectivity index (χ0n) is 13.4. The molecule has 0 fully saturated rings. The second-order valence-corrected chi connectivity index (χ2v) is 11.3. The minimum absolute atomic E-state index is 0.107. The van der Waals surface area contributed by atoms with Gasteiger partial charge in [0.1, 0.15) is 0 Å². The molecule has 1 atom stereocenters. The highest BCUT2D eigenvalue weighted by atomic mass is 28.4. The molecule has 0 aliphatic rings. The Morgan fingerprint density at radius 1 is 1.20 bits per heavy atom. The first-order valence-electron chi connectivity index (χ1n) is 6.97. The highest BCUT2D eigenvalue weighted by Gasteiger charge is 2.39. The lowest BCUT2D eigenvalue weighted by molar-refractivity contribution is -0.142. The third kappa shape index (κ3) is 4.46. The van der Waals surface area contributed by atoms with Crippen molar-refractivity contribution < 1.29 is 14.0 Å². The van der Waals surface area contributed by atoms with Crippen LogP contribution in [0.4, 0.5) is 0 Å². The van der Waals surface area contributed by atoms with E-state index in [1.54, 1.807) is 0 Å². The Bertz CT molecular complexity index is 435. The molecular weight excluding hydrogens is 268 g/mol. The summed E-state index contributed by atoms with van der Waals surface area (Å²) in [6.45, 7) is 11.0. The lowest BCUT2D eigenvalue weighted by Gasteiger charge is -2.39. The zero-order valence-corrected chi connectivity index (χ0v) is 14.4. The van der Waals surface area contributed by atoms with Crippen molar-refractivity contribution in [3.05, 3.63) is 35.9 Å². The minimum Gasteiger partial charge on any atom is -0.469 e. The standard InChI is InChI=1S/C16H26O3Si/c1-16(2,3)20(5,6)19-14(12-15(17)18-4)13-10-8-7-9-11-13/h7-11,14H,12H2,1-6H3. The molecule has 0 aromatic heterocycles. The minimum atomic E-state index is -1.94. The van der Waals surface area contributed by atoms with Gasteiger partial charge in [-0.2, -0.15) is 0 Å². The molecule has 4 heteroatoms. The van der Waals surface area contributed by atoms with Gasteiger partial charge in [0.05, 0.1) is 19.6 Å². The van der Waals surface area contributed by atoms with Crippen molar-refractivity contribution in [3.63, 3.8) is 0 Å². The van der Waals surface area contributed by atoms with Crippen molar-refractivity contribution >= 4 is 14.3 Å². The maximum absolute atomic E-state index is 11.6. The molecule has 1 unspecified atom stereocenters. The Labute approximate surface area is 123 Å². The molecule has 0 saturated heterocycles. The Morgan fingerprint density at radius 2 is 1.75 bits per heavy atom. The van der Waals surface area contributed by atoms with Crippen molar-refractivity contribution in [2.45, 2.75) is 51.4 Å². The van der Waals surface area contributed by atoms with Gasteiger partial charge in [-0.25, -0.2) is 0 Å². The van der Waals surface area contributed by atoms with Crippen molar-refractivity contribution in [2.75, 3.05) is 7.11 Å². The van der Waals surface area contributed by atoms with Crippen LogP contribution >= 0.6 is 0 Å². The number of hydrogen-bond acceptors (Lipinski definition) is 3. The number of carbonyl (C=O) groups excluding carboxylic acids is 1. The second kappa shape index (κ2) is 6.55. The zero-order chi connectivity index (χ0) is 15.4. The van der Waals surface area contributed by atoms with E-state index in [1.807, 2.05) is 30.3 Å². The van der Waals surface area contributed by atoms with Crippen LogP contribution < -0.4 is 0 Å². The van der Waals surface area contributed by atoms with Crippen molar-refractivity contribution in [1.29, 1.82) is 0 Å². The van der Waals surface area contributed by atoms with Gasteiger partial charge < -0.3 is 9.16 Å². The van der Waals surface area contributed by atoms with Crippen LogP contribution in [0.2, 0.25) is 18.1 Å². The average Bonchev–Trinajstić information content (AvgIpc) is 2.37. The van der Waals surface area contributed by atoms with Crippen LogP contribution in [-0.2, 0) is 14.0 Å². The number of carbonyl (C=O) groups is 1. The molecule has 1 aromatic carbocycles. The predicted molar refractivity (Wildman–Crippen MR) is 84.1 cm³/mol. The summed E-state index contributed by atoms with van der Waals surface area (Å²) in [4.78, 5) is 11.6. The van der Waals surface area contributed by atoms with E-state index < -0.39 is 8.32 Å². The molecule has 0 aliphatic heterocycles. The van der Waals surface area contributed by atoms with Gasteiger partial charge >= 0.3 is 5.97 Å². The molecule has 0 spiro atoms. The molecule has 0 N–H and O–H groups in total. The molecule has 3 nitrogen and oxygen atoms in total. The van der Waals surface area contributed by atoms with Gasteiger partial charge in [0.25, 0.3) is 0 Å². The molecule has 0 bridgehead atoms. The Hall–Kier alpha value is -1.13. The van der Waals surface area contributed by atoms with Crippen LogP contribution in [0.5, 0.6) is 0 Å². The molecule has 0 aliphatic carbocycles. The van der Waals surface area contributed by atoms with Crippen molar-refractivity contribution in [3.8, 4) is 0 Å². The molecule has 0 radical (unpaired) electrons. The highest BCUT2D eigenvalue weighted by Crippen LogP contribution is 2.40. The fourth-order valence-corrected chi connectivity index (χ4v) is 2.95. The van der Waals surface area contributed by atoms with E-state index in [0.717, 1.165) is 5.56 Å². The van der Waals surface area contributed by atoms with Gasteiger partial charge in [0, 0.05) is 0 Å². The van der Waals surface area contributed by atoms with Crippen LogP contribution in [0.25, 0.3) is 0 Å². The third-order valence-electron chi connectivity index (χ3n) is 3.99. The summed E-state index contributed by atoms with van der Waals surface area (Å²) in [5, 5.41) is 0.107. The first-order valence-corrected chi connectivity index (χ1v) is 9.88. The summed E-state index contributed by atoms with van der Waals surface area (Å²) in [6, 6.07) is 9.90. The first kappa shape index (κ1) is 16.9. The van der Waals surface area contributed by atoms with E-state index in [0.29, 0.717) is 0 Å². The smallest absolute Gasteiger partial charge is 0.308 e. The molecule has 0 saturated carbocycles. The molecule has 20 heavy (non-hydrogen) atoms. The molecule has 1 aromatic rings. The van der Waals surface area contributed by atoms with E-state index in [1.165, 1.54) is 7.11 Å². The van der Waals surface area contributed by atoms with E-state index in [9.17, 15) is 4.79 Å². The largest absolute Gasteiger partial charge is 0.469 e. The number of hydrogen-bond donors (Lipinski definition) is 0. The molecule has 1 rings (SSSR count). The monoisotopic (exact) mass is 294 g/mol. The maximum Gasteiger partial charge on any atom is 0.308 e. The normalized spacial score (nSPS) is 13.9. The summed E-state index contributed by atoms with van der Waals surface area (Å²) in [7, 11) is -0.525. The highest BCUT2D eigenvalue weighted by molar-refractivity contribution is 6.74. The fraction of sp³-hybridized carbons (Fsp3) is 0.562. The van der Waals surface area contributed by atoms with Gasteiger partial charge in [0.2, 0.25) is 0 Å². The summed E-state index contributed by atoms with van der Waals surface area (Å²) in [6.07, 6.45) is 0.0251. The Kier molecular flexibility index (Phi) is 5.54. The fourth-order valence-electron chi connectivity index (χ4n) is 1.66. The van der Waals surface area contributed by atoms with Gasteiger partial charge in [-0.15, -0.1) is 0 Å². The predicted octanol–water partition coefficient (Wildman–Crippen LogP) is 4.31. The van der Waals surface area contributed by atoms with E-state index in [-0.39, 0.29) is 23.5 Å². The lowest BCUT2D eigenvalue weighted by atomic mass is 10.1. The quantitative estimate of drug-likeness (QED) is 0.599. The average molecular weight is 294 g/mol. The van der Waals surface area contributed by atoms with E-state index >= 15 is 0 Å². The number of esters is 1. The van der Waals surface area contributed by atoms with Gasteiger partial charge in [-0.05, 0) is 23.7 Å². The number of methoxy groups -OCH3 is 1. The van der Waals surface area contributed by atoms with Crippen LogP contribution in [0.1, 0.15) is 38.9 Å². The van der Waals surface area contributed by atoms with Crippen molar-refractivity contribution in [2.24, 2.45) is 0 Å². The number of rotatable bonds is 5. The van der Waals surface area contributed by atoms with Gasteiger partial charge in [-0.3, -0.25) is 4.79 Å². The maximum atomic E-state index is 11.6. The van der Waals surface area contributed by atoms with E-state index in [4.69, 9.17) is 9.16 Å². The van der Waals surface area contributed by atoms with Crippen LogP contribution in [0.3, 0.4) is 0 Å². The molecule has 112 valence electrons. The van der Waals surface area contributed by atoms with Crippen molar-refractivity contribution in [1.82, 2.24) is 0 Å². The number of ether oxygens (including phenoxy) is 1. The third-order valence-corrected chi connectivity index (χ3v) is 8.48. The van der Waals surface area contributed by atoms with Crippen LogP contribution in [0.15, 0.2) is 30.3 Å². The van der Waals surface area contributed by atoms with Gasteiger partial charge in [0.15, 0.2) is 8.32 Å². The SMILES string of the molecule is COC(=O)CC(O[Si](C)(C)C(C)(C)C)c1ccccc1. The van der Waals surface area contributed by atoms with E-state index in [2.05, 4.69) is 33.9 Å². The van der Waals surface area contributed by atoms with Crippen LogP contribution in [0, 0.1) is 0 Å². The second-order valence-electron chi connectivity index (χ2n) is 6.56. The molecular formula is C16H26O3Si. The summed E-state index contributed by atoms with van der Waals surface area (Å²) in [5.74, 6) is -0.238. The Morgan fingerprint density at radius 3 is 2.20 bits per heavy atom. The van der Waals surface area contributed by atoms with Gasteiger partial charge in [-0.1, -0.05) is 51.1 Å². The topological polar surface area (TPSA) is 35.5 Å². The lowest BCUT2D eigenvalue weighted by Crippen LogP contribution is -2.42. The summed E-state index contributed by atoms with van der Waals surface area (Å²) < 4.78 is 11.2. The summed E-state index contributed by atoms with van der Waals surface area (Å²) in [5.41, 5.74) is 1.03. The molecule has 0 amide bonds. The first-order chi connectivity index (χ1) is 9.17. The summed E-state index contributed by atoms with van der Waals surface area (Å²) >= 11 is 0. The molecule has 0 heterocycles.